The molecule has 0 unspecified atom stereocenters. The largest absolute Gasteiger partial charge is 0.369 e. The molecule has 0 amide bonds. The Morgan fingerprint density at radius 3 is 2.73 bits per heavy atom. The van der Waals surface area contributed by atoms with Crippen molar-refractivity contribution in [3.8, 4) is 11.3 Å². The Balaban J connectivity index is 1.36. The topological polar surface area (TPSA) is 41.5 Å². The average molecular weight is 350 g/mol. The predicted octanol–water partition coefficient (Wildman–Crippen LogP) is 2.69. The number of fused-ring (bicyclic) bond motifs is 1. The number of ether oxygens (including phenoxy) is 1. The summed E-state index contributed by atoms with van der Waals surface area (Å²) in [5, 5.41) is 9.01. The highest BCUT2D eigenvalue weighted by atomic mass is 16.5. The third kappa shape index (κ3) is 2.53. The van der Waals surface area contributed by atoms with Gasteiger partial charge in [-0.2, -0.15) is 0 Å². The van der Waals surface area contributed by atoms with E-state index in [0.29, 0.717) is 17.9 Å². The number of nitrogens with zero attached hydrogens (tertiary/aromatic N) is 4. The van der Waals surface area contributed by atoms with Crippen LogP contribution in [0.25, 0.3) is 11.3 Å². The summed E-state index contributed by atoms with van der Waals surface area (Å²) in [7, 11) is 4.33. The molecule has 1 aromatic carbocycles. The normalized spacial score (nSPS) is 32.4. The van der Waals surface area contributed by atoms with Gasteiger partial charge in [0.1, 0.15) is 0 Å². The molecule has 4 atom stereocenters. The van der Waals surface area contributed by atoms with E-state index in [-0.39, 0.29) is 5.60 Å². The van der Waals surface area contributed by atoms with Crippen molar-refractivity contribution in [2.75, 3.05) is 38.6 Å². The molecule has 2 aromatic rings. The van der Waals surface area contributed by atoms with Crippen molar-refractivity contribution in [2.24, 2.45) is 11.8 Å². The second-order valence-corrected chi connectivity index (χ2v) is 8.32. The van der Waals surface area contributed by atoms with E-state index in [1.165, 1.54) is 12.8 Å². The van der Waals surface area contributed by atoms with Gasteiger partial charge in [-0.1, -0.05) is 30.3 Å². The minimum Gasteiger partial charge on any atom is -0.369 e. The van der Waals surface area contributed by atoms with Crippen LogP contribution in [0.3, 0.4) is 0 Å². The molecule has 3 aliphatic heterocycles. The monoisotopic (exact) mass is 350 g/mol. The van der Waals surface area contributed by atoms with Crippen LogP contribution in [0.1, 0.15) is 12.8 Å². The van der Waals surface area contributed by atoms with Gasteiger partial charge in [0.2, 0.25) is 0 Å². The second kappa shape index (κ2) is 6.03. The van der Waals surface area contributed by atoms with E-state index in [4.69, 9.17) is 4.74 Å². The molecule has 0 saturated carbocycles. The van der Waals surface area contributed by atoms with Gasteiger partial charge in [-0.25, -0.2) is 0 Å². The Morgan fingerprint density at radius 1 is 1.15 bits per heavy atom. The van der Waals surface area contributed by atoms with Crippen LogP contribution in [0.2, 0.25) is 0 Å². The van der Waals surface area contributed by atoms with E-state index in [1.54, 1.807) is 0 Å². The quantitative estimate of drug-likeness (QED) is 0.848. The summed E-state index contributed by atoms with van der Waals surface area (Å²) in [6.45, 7) is 3.11. The first kappa shape index (κ1) is 16.2. The van der Waals surface area contributed by atoms with Gasteiger partial charge in [-0.3, -0.25) is 0 Å². The molecule has 3 fully saturated rings. The lowest BCUT2D eigenvalue weighted by Crippen LogP contribution is -2.40. The number of benzene rings is 1. The Labute approximate surface area is 155 Å². The Morgan fingerprint density at radius 2 is 2.00 bits per heavy atom. The number of rotatable bonds is 4. The minimum atomic E-state index is 0.0468. The molecule has 3 saturated heterocycles. The van der Waals surface area contributed by atoms with E-state index in [1.807, 2.05) is 18.2 Å². The van der Waals surface area contributed by atoms with Crippen molar-refractivity contribution in [1.29, 1.82) is 0 Å². The van der Waals surface area contributed by atoms with Crippen molar-refractivity contribution in [3.63, 3.8) is 0 Å². The zero-order valence-electron chi connectivity index (χ0n) is 15.5. The van der Waals surface area contributed by atoms with Crippen molar-refractivity contribution in [3.05, 3.63) is 42.5 Å². The molecule has 0 radical (unpaired) electrons. The molecule has 1 aromatic heterocycles. The third-order valence-corrected chi connectivity index (χ3v) is 6.40. The van der Waals surface area contributed by atoms with E-state index < -0.39 is 0 Å². The maximum absolute atomic E-state index is 6.53. The van der Waals surface area contributed by atoms with E-state index >= 15 is 0 Å². The first-order valence-electron chi connectivity index (χ1n) is 9.61. The Kier molecular flexibility index (Phi) is 3.76. The van der Waals surface area contributed by atoms with Crippen LogP contribution in [-0.2, 0) is 4.74 Å². The third-order valence-electron chi connectivity index (χ3n) is 6.40. The standard InChI is InChI=1S/C21H26N4O/c1-24(2)12-16-17-13-25(14-21(17)11-10-19(16)26-21)20-9-8-18(22-23-20)15-6-4-3-5-7-15/h3-9,16-17,19H,10-14H2,1-2H3/t16-,17+,19+,21+/m0/s1. The van der Waals surface area contributed by atoms with Crippen molar-refractivity contribution >= 4 is 5.82 Å². The number of aromatic nitrogens is 2. The van der Waals surface area contributed by atoms with Gasteiger partial charge < -0.3 is 14.5 Å². The molecular weight excluding hydrogens is 324 g/mol. The lowest BCUT2D eigenvalue weighted by Gasteiger charge is -2.30. The molecule has 1 spiro atoms. The van der Waals surface area contributed by atoms with Crippen LogP contribution in [0, 0.1) is 11.8 Å². The highest BCUT2D eigenvalue weighted by Gasteiger charge is 2.63. The van der Waals surface area contributed by atoms with E-state index in [0.717, 1.165) is 36.7 Å². The molecule has 5 rings (SSSR count). The fourth-order valence-corrected chi connectivity index (χ4v) is 5.29. The molecule has 4 heterocycles. The molecule has 0 aliphatic carbocycles. The number of hydrogen-bond donors (Lipinski definition) is 0. The fourth-order valence-electron chi connectivity index (χ4n) is 5.29. The lowest BCUT2D eigenvalue weighted by atomic mass is 9.73. The molecule has 26 heavy (non-hydrogen) atoms. The van der Waals surface area contributed by atoms with Gasteiger partial charge in [-0.15, -0.1) is 10.2 Å². The molecule has 5 nitrogen and oxygen atoms in total. The molecule has 3 aliphatic rings. The smallest absolute Gasteiger partial charge is 0.151 e. The van der Waals surface area contributed by atoms with Gasteiger partial charge in [-0.05, 0) is 39.1 Å². The van der Waals surface area contributed by atoms with Gasteiger partial charge in [0.05, 0.1) is 17.4 Å². The Hall–Kier alpha value is -1.98. The highest BCUT2D eigenvalue weighted by molar-refractivity contribution is 5.59. The summed E-state index contributed by atoms with van der Waals surface area (Å²) >= 11 is 0. The zero-order valence-corrected chi connectivity index (χ0v) is 15.5. The van der Waals surface area contributed by atoms with Gasteiger partial charge in [0.15, 0.2) is 5.82 Å². The summed E-state index contributed by atoms with van der Waals surface area (Å²) in [5.41, 5.74) is 2.08. The maximum atomic E-state index is 6.53. The van der Waals surface area contributed by atoms with Crippen molar-refractivity contribution in [2.45, 2.75) is 24.5 Å². The van der Waals surface area contributed by atoms with E-state index in [2.05, 4.69) is 58.4 Å². The summed E-state index contributed by atoms with van der Waals surface area (Å²) in [6, 6.07) is 14.4. The van der Waals surface area contributed by atoms with Crippen LogP contribution < -0.4 is 4.90 Å². The van der Waals surface area contributed by atoms with Gasteiger partial charge in [0, 0.05) is 37.0 Å². The minimum absolute atomic E-state index is 0.0468. The highest BCUT2D eigenvalue weighted by Crippen LogP contribution is 2.55. The van der Waals surface area contributed by atoms with Crippen molar-refractivity contribution in [1.82, 2.24) is 15.1 Å². The predicted molar refractivity (Wildman–Crippen MR) is 102 cm³/mol. The first-order chi connectivity index (χ1) is 12.6. The lowest BCUT2D eigenvalue weighted by molar-refractivity contribution is 0.0136. The summed E-state index contributed by atoms with van der Waals surface area (Å²) in [6.07, 6.45) is 2.86. The molecule has 0 N–H and O–H groups in total. The second-order valence-electron chi connectivity index (χ2n) is 8.32. The number of anilines is 1. The van der Waals surface area contributed by atoms with E-state index in [9.17, 15) is 0 Å². The van der Waals surface area contributed by atoms with Crippen LogP contribution in [0.5, 0.6) is 0 Å². The van der Waals surface area contributed by atoms with Crippen molar-refractivity contribution < 1.29 is 4.74 Å². The fraction of sp³-hybridized carbons (Fsp3) is 0.524. The van der Waals surface area contributed by atoms with Crippen LogP contribution >= 0.6 is 0 Å². The SMILES string of the molecule is CN(C)C[C@H]1[C@H]2CN(c3ccc(-c4ccccc4)nn3)C[C@]23CC[C@H]1O3. The van der Waals surface area contributed by atoms with Crippen LogP contribution in [0.15, 0.2) is 42.5 Å². The molecule has 5 heteroatoms. The zero-order chi connectivity index (χ0) is 17.7. The first-order valence-corrected chi connectivity index (χ1v) is 9.61. The summed E-state index contributed by atoms with van der Waals surface area (Å²) in [4.78, 5) is 4.69. The Bertz CT molecular complexity index is 778. The molecule has 136 valence electrons. The molecular formula is C21H26N4O. The maximum Gasteiger partial charge on any atom is 0.151 e. The number of hydrogen-bond acceptors (Lipinski definition) is 5. The van der Waals surface area contributed by atoms with Gasteiger partial charge >= 0.3 is 0 Å². The summed E-state index contributed by atoms with van der Waals surface area (Å²) in [5.74, 6) is 2.23. The molecule has 2 bridgehead atoms. The van der Waals surface area contributed by atoms with Crippen LogP contribution in [-0.4, -0.2) is 60.5 Å². The summed E-state index contributed by atoms with van der Waals surface area (Å²) < 4.78 is 6.53. The van der Waals surface area contributed by atoms with Gasteiger partial charge in [0.25, 0.3) is 0 Å². The van der Waals surface area contributed by atoms with Crippen LogP contribution in [0.4, 0.5) is 5.82 Å². The average Bonchev–Trinajstić information content (AvgIpc) is 3.32.